The summed E-state index contributed by atoms with van der Waals surface area (Å²) in [5.41, 5.74) is 2.38. The van der Waals surface area contributed by atoms with Crippen LogP contribution in [0.25, 0.3) is 0 Å². The molecule has 1 heterocycles. The second-order valence-corrected chi connectivity index (χ2v) is 7.63. The highest BCUT2D eigenvalue weighted by molar-refractivity contribution is 5.90. The number of urea groups is 1. The SMILES string of the molecule is COC(=O)c1ccc(CN2[C@H](C)CN(C(=O)Nc3cccc(OC)c3)C[C@@H]2C)cc1. The molecule has 0 radical (unpaired) electrons. The summed E-state index contributed by atoms with van der Waals surface area (Å²) in [6.07, 6.45) is 0. The van der Waals surface area contributed by atoms with Crippen LogP contribution in [0.2, 0.25) is 0 Å². The van der Waals surface area contributed by atoms with Crippen molar-refractivity contribution in [2.24, 2.45) is 0 Å². The molecule has 1 aliphatic rings. The van der Waals surface area contributed by atoms with Gasteiger partial charge in [0.25, 0.3) is 0 Å². The van der Waals surface area contributed by atoms with E-state index in [0.29, 0.717) is 30.1 Å². The van der Waals surface area contributed by atoms with Gasteiger partial charge in [0.2, 0.25) is 0 Å². The van der Waals surface area contributed by atoms with Crippen LogP contribution in [0.4, 0.5) is 10.5 Å². The molecule has 0 saturated carbocycles. The van der Waals surface area contributed by atoms with Gasteiger partial charge in [0, 0.05) is 43.5 Å². The Balaban J connectivity index is 1.60. The summed E-state index contributed by atoms with van der Waals surface area (Å²) < 4.78 is 9.97. The van der Waals surface area contributed by atoms with Gasteiger partial charge < -0.3 is 19.7 Å². The summed E-state index contributed by atoms with van der Waals surface area (Å²) in [6, 6.07) is 15.1. The first-order valence-electron chi connectivity index (χ1n) is 10.0. The predicted octanol–water partition coefficient (Wildman–Crippen LogP) is 3.61. The van der Waals surface area contributed by atoms with E-state index < -0.39 is 0 Å². The number of hydrogen-bond donors (Lipinski definition) is 1. The number of nitrogens with zero attached hydrogens (tertiary/aromatic N) is 2. The molecule has 1 aliphatic heterocycles. The zero-order valence-electron chi connectivity index (χ0n) is 17.9. The van der Waals surface area contributed by atoms with Gasteiger partial charge in [-0.1, -0.05) is 18.2 Å². The van der Waals surface area contributed by atoms with Crippen LogP contribution in [0.3, 0.4) is 0 Å². The quantitative estimate of drug-likeness (QED) is 0.761. The third-order valence-corrected chi connectivity index (χ3v) is 5.45. The Bertz CT molecular complexity index is 872. The van der Waals surface area contributed by atoms with Crippen molar-refractivity contribution < 1.29 is 19.1 Å². The van der Waals surface area contributed by atoms with Gasteiger partial charge >= 0.3 is 12.0 Å². The number of amides is 2. The van der Waals surface area contributed by atoms with Crippen molar-refractivity contribution in [3.8, 4) is 5.75 Å². The zero-order valence-corrected chi connectivity index (χ0v) is 17.9. The molecule has 2 atom stereocenters. The highest BCUT2D eigenvalue weighted by Crippen LogP contribution is 2.22. The van der Waals surface area contributed by atoms with Crippen LogP contribution in [0.5, 0.6) is 5.75 Å². The van der Waals surface area contributed by atoms with E-state index in [1.54, 1.807) is 25.3 Å². The maximum Gasteiger partial charge on any atom is 0.337 e. The highest BCUT2D eigenvalue weighted by Gasteiger charge is 2.31. The maximum absolute atomic E-state index is 12.8. The molecule has 160 valence electrons. The lowest BCUT2D eigenvalue weighted by Gasteiger charge is -2.44. The Morgan fingerprint density at radius 3 is 2.30 bits per heavy atom. The van der Waals surface area contributed by atoms with Gasteiger partial charge in [-0.2, -0.15) is 0 Å². The smallest absolute Gasteiger partial charge is 0.337 e. The molecule has 3 rings (SSSR count). The average molecular weight is 412 g/mol. The van der Waals surface area contributed by atoms with Crippen molar-refractivity contribution in [1.29, 1.82) is 0 Å². The largest absolute Gasteiger partial charge is 0.497 e. The summed E-state index contributed by atoms with van der Waals surface area (Å²) in [7, 11) is 2.98. The molecular formula is C23H29N3O4. The number of rotatable bonds is 5. The number of hydrogen-bond acceptors (Lipinski definition) is 5. The van der Waals surface area contributed by atoms with Gasteiger partial charge in [0.1, 0.15) is 5.75 Å². The van der Waals surface area contributed by atoms with Gasteiger partial charge in [0.05, 0.1) is 19.8 Å². The molecule has 7 nitrogen and oxygen atoms in total. The van der Waals surface area contributed by atoms with Gasteiger partial charge in [-0.25, -0.2) is 9.59 Å². The number of methoxy groups -OCH3 is 2. The second kappa shape index (κ2) is 9.63. The molecule has 2 aromatic rings. The molecule has 30 heavy (non-hydrogen) atoms. The first-order valence-corrected chi connectivity index (χ1v) is 10.0. The summed E-state index contributed by atoms with van der Waals surface area (Å²) >= 11 is 0. The van der Waals surface area contributed by atoms with Gasteiger partial charge in [-0.05, 0) is 43.7 Å². The van der Waals surface area contributed by atoms with E-state index >= 15 is 0 Å². The van der Waals surface area contributed by atoms with Crippen LogP contribution in [-0.4, -0.2) is 61.2 Å². The molecule has 7 heteroatoms. The number of carbonyl (C=O) groups is 2. The third kappa shape index (κ3) is 5.10. The zero-order chi connectivity index (χ0) is 21.7. The van der Waals surface area contributed by atoms with Gasteiger partial charge in [-0.3, -0.25) is 4.90 Å². The molecule has 0 bridgehead atoms. The molecule has 2 amide bonds. The predicted molar refractivity (Wildman–Crippen MR) is 116 cm³/mol. The van der Waals surface area contributed by atoms with Crippen molar-refractivity contribution in [3.05, 3.63) is 59.7 Å². The molecule has 1 saturated heterocycles. The molecule has 2 aromatic carbocycles. The standard InChI is InChI=1S/C23H29N3O4/c1-16-13-25(23(28)24-20-6-5-7-21(12-20)29-3)14-17(2)26(16)15-18-8-10-19(11-9-18)22(27)30-4/h5-12,16-17H,13-15H2,1-4H3,(H,24,28)/t16-,17+. The van der Waals surface area contributed by atoms with E-state index in [2.05, 4.69) is 24.1 Å². The van der Waals surface area contributed by atoms with Gasteiger partial charge in [-0.15, -0.1) is 0 Å². The Morgan fingerprint density at radius 1 is 1.03 bits per heavy atom. The first-order chi connectivity index (χ1) is 14.4. The number of piperazine rings is 1. The Labute approximate surface area is 177 Å². The topological polar surface area (TPSA) is 71.1 Å². The fraction of sp³-hybridized carbons (Fsp3) is 0.391. The van der Waals surface area contributed by atoms with Crippen molar-refractivity contribution in [2.45, 2.75) is 32.5 Å². The molecule has 0 spiro atoms. The minimum absolute atomic E-state index is 0.107. The van der Waals surface area contributed by atoms with E-state index in [1.807, 2.05) is 35.2 Å². The molecule has 0 unspecified atom stereocenters. The number of carbonyl (C=O) groups excluding carboxylic acids is 2. The van der Waals surface area contributed by atoms with Crippen LogP contribution in [0.15, 0.2) is 48.5 Å². The minimum Gasteiger partial charge on any atom is -0.497 e. The Morgan fingerprint density at radius 2 is 1.70 bits per heavy atom. The van der Waals surface area contributed by atoms with Crippen LogP contribution in [0.1, 0.15) is 29.8 Å². The lowest BCUT2D eigenvalue weighted by molar-refractivity contribution is 0.0525. The third-order valence-electron chi connectivity index (χ3n) is 5.45. The summed E-state index contributed by atoms with van der Waals surface area (Å²) in [6.45, 7) is 6.30. The molecule has 1 N–H and O–H groups in total. The normalized spacial score (nSPS) is 19.3. The van der Waals surface area contributed by atoms with Crippen LogP contribution in [-0.2, 0) is 11.3 Å². The Kier molecular flexibility index (Phi) is 6.95. The van der Waals surface area contributed by atoms with E-state index in [9.17, 15) is 9.59 Å². The molecule has 0 aliphatic carbocycles. The van der Waals surface area contributed by atoms with Crippen LogP contribution < -0.4 is 10.1 Å². The first kappa shape index (κ1) is 21.6. The minimum atomic E-state index is -0.334. The highest BCUT2D eigenvalue weighted by atomic mass is 16.5. The maximum atomic E-state index is 12.8. The summed E-state index contributed by atoms with van der Waals surface area (Å²) in [4.78, 5) is 28.6. The average Bonchev–Trinajstić information content (AvgIpc) is 2.76. The van der Waals surface area contributed by atoms with E-state index in [1.165, 1.54) is 7.11 Å². The lowest BCUT2D eigenvalue weighted by atomic mass is 10.1. The fourth-order valence-electron chi connectivity index (χ4n) is 3.81. The van der Waals surface area contributed by atoms with E-state index in [-0.39, 0.29) is 24.1 Å². The van der Waals surface area contributed by atoms with Crippen molar-refractivity contribution in [1.82, 2.24) is 9.80 Å². The number of benzene rings is 2. The van der Waals surface area contributed by atoms with E-state index in [4.69, 9.17) is 9.47 Å². The lowest BCUT2D eigenvalue weighted by Crippen LogP contribution is -2.58. The van der Waals surface area contributed by atoms with Crippen molar-refractivity contribution in [3.63, 3.8) is 0 Å². The second-order valence-electron chi connectivity index (χ2n) is 7.63. The monoisotopic (exact) mass is 411 g/mol. The van der Waals surface area contributed by atoms with Crippen molar-refractivity contribution >= 4 is 17.7 Å². The van der Waals surface area contributed by atoms with E-state index in [0.717, 1.165) is 12.1 Å². The van der Waals surface area contributed by atoms with Crippen LogP contribution >= 0.6 is 0 Å². The molecule has 0 aromatic heterocycles. The number of ether oxygens (including phenoxy) is 2. The summed E-state index contributed by atoms with van der Waals surface area (Å²) in [5.74, 6) is 0.372. The van der Waals surface area contributed by atoms with Gasteiger partial charge in [0.15, 0.2) is 0 Å². The van der Waals surface area contributed by atoms with Crippen molar-refractivity contribution in [2.75, 3.05) is 32.6 Å². The summed E-state index contributed by atoms with van der Waals surface area (Å²) in [5, 5.41) is 2.96. The number of nitrogens with one attached hydrogen (secondary N) is 1. The van der Waals surface area contributed by atoms with Crippen LogP contribution in [0, 0.1) is 0 Å². The number of anilines is 1. The number of esters is 1. The Hall–Kier alpha value is -3.06. The molecule has 1 fully saturated rings. The fourth-order valence-corrected chi connectivity index (χ4v) is 3.81. The molecular weight excluding hydrogens is 382 g/mol.